The van der Waals surface area contributed by atoms with Crippen LogP contribution in [0.2, 0.25) is 0 Å². The van der Waals surface area contributed by atoms with Crippen molar-refractivity contribution < 1.29 is 19.8 Å². The Morgan fingerprint density at radius 2 is 1.88 bits per heavy atom. The van der Waals surface area contributed by atoms with E-state index in [0.717, 1.165) is 5.57 Å². The van der Waals surface area contributed by atoms with E-state index in [4.69, 9.17) is 0 Å². The maximum atomic E-state index is 12.1. The number of aromatic hydroxyl groups is 1. The van der Waals surface area contributed by atoms with Crippen molar-refractivity contribution in [1.29, 1.82) is 0 Å². The van der Waals surface area contributed by atoms with E-state index in [9.17, 15) is 19.8 Å². The normalized spacial score (nSPS) is 13.6. The zero-order valence-electron chi connectivity index (χ0n) is 13.6. The van der Waals surface area contributed by atoms with E-state index in [-0.39, 0.29) is 23.8 Å². The van der Waals surface area contributed by atoms with Crippen LogP contribution in [0.3, 0.4) is 0 Å². The molecule has 24 heavy (non-hydrogen) atoms. The third-order valence-corrected chi connectivity index (χ3v) is 3.88. The second-order valence-corrected chi connectivity index (χ2v) is 5.58. The minimum Gasteiger partial charge on any atom is -0.508 e. The number of hydrogen-bond donors (Lipinski definition) is 4. The monoisotopic (exact) mass is 328 g/mol. The molecule has 126 valence electrons. The summed E-state index contributed by atoms with van der Waals surface area (Å²) < 4.78 is 0. The number of hydrazine groups is 1. The van der Waals surface area contributed by atoms with Gasteiger partial charge in [0.05, 0.1) is 0 Å². The molecule has 0 saturated carbocycles. The van der Waals surface area contributed by atoms with Gasteiger partial charge in [0.2, 0.25) is 5.91 Å². The number of amides is 2. The summed E-state index contributed by atoms with van der Waals surface area (Å²) in [5.41, 5.74) is 7.22. The van der Waals surface area contributed by atoms with Gasteiger partial charge in [0.1, 0.15) is 11.5 Å². The quantitative estimate of drug-likeness (QED) is 0.641. The Kier molecular flexibility index (Phi) is 5.42. The average Bonchev–Trinajstić information content (AvgIpc) is 2.75. The fourth-order valence-electron chi connectivity index (χ4n) is 2.28. The molecular formula is C18H20N2O4. The van der Waals surface area contributed by atoms with Crippen molar-refractivity contribution in [2.45, 2.75) is 26.7 Å². The molecule has 2 rings (SSSR count). The average molecular weight is 328 g/mol. The summed E-state index contributed by atoms with van der Waals surface area (Å²) in [7, 11) is 0. The van der Waals surface area contributed by atoms with Gasteiger partial charge in [-0.25, -0.2) is 0 Å². The minimum atomic E-state index is -0.448. The van der Waals surface area contributed by atoms with Crippen LogP contribution in [0.25, 0.3) is 0 Å². The van der Waals surface area contributed by atoms with Crippen LogP contribution in [-0.2, 0) is 4.79 Å². The van der Waals surface area contributed by atoms with Crippen LogP contribution in [0.1, 0.15) is 34.3 Å². The number of nitrogens with one attached hydrogen (secondary N) is 2. The van der Waals surface area contributed by atoms with Crippen LogP contribution >= 0.6 is 0 Å². The lowest BCUT2D eigenvalue weighted by atomic mass is 10.0. The Morgan fingerprint density at radius 3 is 2.62 bits per heavy atom. The molecule has 1 aliphatic rings. The predicted octanol–water partition coefficient (Wildman–Crippen LogP) is 2.49. The first kappa shape index (κ1) is 17.3. The van der Waals surface area contributed by atoms with Gasteiger partial charge >= 0.3 is 0 Å². The smallest absolute Gasteiger partial charge is 0.269 e. The van der Waals surface area contributed by atoms with Crippen molar-refractivity contribution in [3.63, 3.8) is 0 Å². The minimum absolute atomic E-state index is 0.113. The fourth-order valence-corrected chi connectivity index (χ4v) is 2.28. The number of carbonyl (C=O) groups excluding carboxylic acids is 2. The largest absolute Gasteiger partial charge is 0.508 e. The maximum absolute atomic E-state index is 12.1. The molecule has 2 amide bonds. The van der Waals surface area contributed by atoms with Crippen LogP contribution in [0.5, 0.6) is 5.75 Å². The highest BCUT2D eigenvalue weighted by Gasteiger charge is 2.14. The Balaban J connectivity index is 1.92. The van der Waals surface area contributed by atoms with Crippen LogP contribution in [-0.4, -0.2) is 22.0 Å². The number of hydrogen-bond acceptors (Lipinski definition) is 4. The van der Waals surface area contributed by atoms with E-state index in [2.05, 4.69) is 10.9 Å². The Bertz CT molecular complexity index is 758. The number of carbonyl (C=O) groups is 2. The molecule has 0 atom stereocenters. The lowest BCUT2D eigenvalue weighted by Crippen LogP contribution is -2.42. The van der Waals surface area contributed by atoms with Gasteiger partial charge in [0, 0.05) is 12.0 Å². The molecule has 4 N–H and O–H groups in total. The molecule has 1 aromatic rings. The van der Waals surface area contributed by atoms with Crippen molar-refractivity contribution in [1.82, 2.24) is 10.9 Å². The SMILES string of the molecule is Cc1c(O)ccc(C(=O)NNC(=O)CC2=CC=CC(O)=CC2)c1C. The van der Waals surface area contributed by atoms with Crippen molar-refractivity contribution in [2.75, 3.05) is 0 Å². The van der Waals surface area contributed by atoms with Gasteiger partial charge in [-0.2, -0.15) is 0 Å². The molecule has 6 nitrogen and oxygen atoms in total. The van der Waals surface area contributed by atoms with E-state index in [0.29, 0.717) is 23.1 Å². The molecule has 0 unspecified atom stereocenters. The second kappa shape index (κ2) is 7.50. The summed E-state index contributed by atoms with van der Waals surface area (Å²) in [6, 6.07) is 2.95. The maximum Gasteiger partial charge on any atom is 0.269 e. The first-order valence-corrected chi connectivity index (χ1v) is 7.52. The summed E-state index contributed by atoms with van der Waals surface area (Å²) in [6.07, 6.45) is 7.17. The Labute approximate surface area is 140 Å². The van der Waals surface area contributed by atoms with Gasteiger partial charge in [-0.1, -0.05) is 17.7 Å². The number of phenols is 1. The highest BCUT2D eigenvalue weighted by Crippen LogP contribution is 2.22. The number of benzene rings is 1. The van der Waals surface area contributed by atoms with Crippen LogP contribution in [0, 0.1) is 13.8 Å². The van der Waals surface area contributed by atoms with Crippen molar-refractivity contribution >= 4 is 11.8 Å². The van der Waals surface area contributed by atoms with Gasteiger partial charge in [-0.05, 0) is 55.7 Å². The number of allylic oxidation sites excluding steroid dienone is 4. The molecule has 0 aliphatic heterocycles. The zero-order valence-corrected chi connectivity index (χ0v) is 13.6. The molecule has 0 heterocycles. The number of rotatable bonds is 3. The van der Waals surface area contributed by atoms with Crippen LogP contribution < -0.4 is 10.9 Å². The highest BCUT2D eigenvalue weighted by molar-refractivity contribution is 5.97. The van der Waals surface area contributed by atoms with Crippen LogP contribution in [0.15, 0.2) is 47.8 Å². The third-order valence-electron chi connectivity index (χ3n) is 3.88. The molecule has 0 radical (unpaired) electrons. The molecule has 0 saturated heterocycles. The molecule has 1 aliphatic carbocycles. The van der Waals surface area contributed by atoms with Crippen molar-refractivity contribution in [2.24, 2.45) is 0 Å². The number of aliphatic hydroxyl groups excluding tert-OH is 1. The number of phenolic OH excluding ortho intramolecular Hbond substituents is 1. The Morgan fingerprint density at radius 1 is 1.12 bits per heavy atom. The molecular weight excluding hydrogens is 308 g/mol. The summed E-state index contributed by atoms with van der Waals surface area (Å²) in [6.45, 7) is 3.45. The lowest BCUT2D eigenvalue weighted by Gasteiger charge is -2.12. The van der Waals surface area contributed by atoms with Crippen molar-refractivity contribution in [3.05, 3.63) is 64.5 Å². The molecule has 0 spiro atoms. The first-order chi connectivity index (χ1) is 11.4. The summed E-state index contributed by atoms with van der Waals surface area (Å²) in [5, 5.41) is 19.0. The molecule has 1 aromatic carbocycles. The second-order valence-electron chi connectivity index (χ2n) is 5.58. The zero-order chi connectivity index (χ0) is 17.7. The van der Waals surface area contributed by atoms with E-state index in [1.165, 1.54) is 12.1 Å². The van der Waals surface area contributed by atoms with E-state index in [1.807, 2.05) is 0 Å². The summed E-state index contributed by atoms with van der Waals surface area (Å²) in [4.78, 5) is 24.1. The van der Waals surface area contributed by atoms with E-state index in [1.54, 1.807) is 38.2 Å². The van der Waals surface area contributed by atoms with Gasteiger partial charge in [0.25, 0.3) is 5.91 Å². The lowest BCUT2D eigenvalue weighted by molar-refractivity contribution is -0.121. The van der Waals surface area contributed by atoms with Gasteiger partial charge < -0.3 is 10.2 Å². The standard InChI is InChI=1S/C18H20N2O4/c1-11-12(2)16(22)9-8-15(11)18(24)20-19-17(23)10-13-4-3-5-14(21)7-6-13/h3-5,7-9,21-22H,6,10H2,1-2H3,(H,19,23)(H,20,24). The summed E-state index contributed by atoms with van der Waals surface area (Å²) >= 11 is 0. The first-order valence-electron chi connectivity index (χ1n) is 7.52. The van der Waals surface area contributed by atoms with Crippen molar-refractivity contribution in [3.8, 4) is 5.75 Å². The third kappa shape index (κ3) is 4.25. The van der Waals surface area contributed by atoms with Gasteiger partial charge in [-0.15, -0.1) is 0 Å². The molecule has 6 heteroatoms. The summed E-state index contributed by atoms with van der Waals surface area (Å²) in [5.74, 6) is -0.520. The van der Waals surface area contributed by atoms with Gasteiger partial charge in [0.15, 0.2) is 0 Å². The van der Waals surface area contributed by atoms with E-state index >= 15 is 0 Å². The van der Waals surface area contributed by atoms with Crippen LogP contribution in [0.4, 0.5) is 0 Å². The Hall–Kier alpha value is -3.02. The molecule has 0 bridgehead atoms. The fraction of sp³-hybridized carbons (Fsp3) is 0.222. The van der Waals surface area contributed by atoms with E-state index < -0.39 is 5.91 Å². The topological polar surface area (TPSA) is 98.7 Å². The van der Waals surface area contributed by atoms with Gasteiger partial charge in [-0.3, -0.25) is 20.4 Å². The highest BCUT2D eigenvalue weighted by atomic mass is 16.3. The predicted molar refractivity (Wildman–Crippen MR) is 90.4 cm³/mol. The molecule has 0 fully saturated rings. The molecule has 0 aromatic heterocycles. The number of aliphatic hydroxyl groups is 1.